The van der Waals surface area contributed by atoms with E-state index in [-0.39, 0.29) is 5.91 Å². The number of anilines is 1. The van der Waals surface area contributed by atoms with E-state index < -0.39 is 0 Å². The van der Waals surface area contributed by atoms with Gasteiger partial charge < -0.3 is 14.6 Å². The molecular weight excluding hydrogens is 358 g/mol. The van der Waals surface area contributed by atoms with Crippen LogP contribution in [-0.2, 0) is 6.42 Å². The van der Waals surface area contributed by atoms with Crippen LogP contribution in [0.5, 0.6) is 5.88 Å². The summed E-state index contributed by atoms with van der Waals surface area (Å²) in [5.74, 6) is 2.19. The number of aryl methyl sites for hydroxylation is 1. The molecule has 9 heteroatoms. The molecule has 0 saturated heterocycles. The van der Waals surface area contributed by atoms with Gasteiger partial charge in [0.05, 0.1) is 13.2 Å². The molecule has 1 aliphatic heterocycles. The van der Waals surface area contributed by atoms with Crippen LogP contribution < -0.4 is 10.1 Å². The van der Waals surface area contributed by atoms with Crippen molar-refractivity contribution < 1.29 is 9.53 Å². The molecule has 0 bridgehead atoms. The molecule has 1 fully saturated rings. The van der Waals surface area contributed by atoms with Gasteiger partial charge in [-0.25, -0.2) is 4.98 Å². The summed E-state index contributed by atoms with van der Waals surface area (Å²) in [6.07, 6.45) is 5.88. The van der Waals surface area contributed by atoms with E-state index in [4.69, 9.17) is 4.74 Å². The lowest BCUT2D eigenvalue weighted by atomic mass is 10.2. The van der Waals surface area contributed by atoms with E-state index >= 15 is 0 Å². The molecule has 0 unspecified atom stereocenters. The molecule has 1 saturated carbocycles. The highest BCUT2D eigenvalue weighted by atomic mass is 16.5. The summed E-state index contributed by atoms with van der Waals surface area (Å²) in [7, 11) is 1.52. The second kappa shape index (κ2) is 6.43. The van der Waals surface area contributed by atoms with Gasteiger partial charge in [0.25, 0.3) is 5.91 Å². The Labute approximate surface area is 161 Å². The zero-order chi connectivity index (χ0) is 19.3. The van der Waals surface area contributed by atoms with Gasteiger partial charge >= 0.3 is 0 Å². The fourth-order valence-corrected chi connectivity index (χ4v) is 3.62. The molecule has 4 heterocycles. The number of fused-ring (bicyclic) bond motifs is 1. The molecule has 0 aromatic carbocycles. The minimum Gasteiger partial charge on any atom is -0.479 e. The Morgan fingerprint density at radius 3 is 2.89 bits per heavy atom. The molecule has 5 rings (SSSR count). The predicted octanol–water partition coefficient (Wildman–Crippen LogP) is 2.64. The van der Waals surface area contributed by atoms with Crippen molar-refractivity contribution >= 4 is 11.7 Å². The molecule has 0 radical (unpaired) electrons. The van der Waals surface area contributed by atoms with E-state index in [1.165, 1.54) is 7.11 Å². The molecule has 144 valence electrons. The Morgan fingerprint density at radius 1 is 1.25 bits per heavy atom. The molecule has 3 aromatic heterocycles. The monoisotopic (exact) mass is 379 g/mol. The molecule has 1 aliphatic carbocycles. The van der Waals surface area contributed by atoms with Gasteiger partial charge in [0.2, 0.25) is 5.88 Å². The van der Waals surface area contributed by atoms with E-state index in [9.17, 15) is 4.79 Å². The highest BCUT2D eigenvalue weighted by molar-refractivity contribution is 6.05. The first kappa shape index (κ1) is 16.9. The van der Waals surface area contributed by atoms with E-state index in [0.717, 1.165) is 37.3 Å². The fourth-order valence-electron chi connectivity index (χ4n) is 3.62. The molecule has 1 N–H and O–H groups in total. The third-order valence-electron chi connectivity index (χ3n) is 5.27. The SMILES string of the molecule is COc1nn(C2CC2)cc1C(=O)Nc1cccc(-c2nnc3n2[C@@H](C)CC3)n1. The van der Waals surface area contributed by atoms with Crippen molar-refractivity contribution in [2.75, 3.05) is 12.4 Å². The molecule has 9 nitrogen and oxygen atoms in total. The topological polar surface area (TPSA) is 99.8 Å². The highest BCUT2D eigenvalue weighted by Gasteiger charge is 2.28. The number of nitrogens with zero attached hydrogens (tertiary/aromatic N) is 6. The standard InChI is InChI=1S/C19H21N7O2/c1-11-6-9-16-22-23-17(26(11)16)14-4-3-5-15(20-14)21-18(27)13-10-25(12-7-8-12)24-19(13)28-2/h3-5,10-12H,6-9H2,1-2H3,(H,20,21,27)/t11-/m0/s1. The largest absolute Gasteiger partial charge is 0.479 e. The molecule has 0 spiro atoms. The Kier molecular flexibility index (Phi) is 3.88. The van der Waals surface area contributed by atoms with Gasteiger partial charge in [-0.2, -0.15) is 0 Å². The number of amides is 1. The summed E-state index contributed by atoms with van der Waals surface area (Å²) >= 11 is 0. The Morgan fingerprint density at radius 2 is 2.11 bits per heavy atom. The van der Waals surface area contributed by atoms with Gasteiger partial charge in [0.15, 0.2) is 5.82 Å². The number of nitrogens with one attached hydrogen (secondary N) is 1. The van der Waals surface area contributed by atoms with E-state index in [2.05, 4.69) is 37.1 Å². The number of pyridine rings is 1. The van der Waals surface area contributed by atoms with Crippen LogP contribution in [0.3, 0.4) is 0 Å². The lowest BCUT2D eigenvalue weighted by Gasteiger charge is -2.10. The summed E-state index contributed by atoms with van der Waals surface area (Å²) in [6.45, 7) is 2.15. The lowest BCUT2D eigenvalue weighted by Crippen LogP contribution is -2.14. The van der Waals surface area contributed by atoms with Crippen LogP contribution >= 0.6 is 0 Å². The number of hydrogen-bond acceptors (Lipinski definition) is 6. The van der Waals surface area contributed by atoms with Crippen LogP contribution in [0.25, 0.3) is 11.5 Å². The average Bonchev–Trinajstić information content (AvgIpc) is 3.15. The maximum atomic E-state index is 12.8. The molecule has 28 heavy (non-hydrogen) atoms. The second-order valence-electron chi connectivity index (χ2n) is 7.32. The van der Waals surface area contributed by atoms with Crippen LogP contribution in [0.1, 0.15) is 54.5 Å². The van der Waals surface area contributed by atoms with E-state index in [0.29, 0.717) is 35.0 Å². The Balaban J connectivity index is 1.41. The fraction of sp³-hybridized carbons (Fsp3) is 0.421. The minimum absolute atomic E-state index is 0.298. The molecule has 1 amide bonds. The molecular formula is C19H21N7O2. The maximum Gasteiger partial charge on any atom is 0.263 e. The van der Waals surface area contributed by atoms with Crippen molar-refractivity contribution in [3.8, 4) is 17.4 Å². The Bertz CT molecular complexity index is 1050. The normalized spacial score (nSPS) is 18.1. The van der Waals surface area contributed by atoms with Crippen LogP contribution in [0.15, 0.2) is 24.4 Å². The number of rotatable bonds is 5. The van der Waals surface area contributed by atoms with Crippen molar-refractivity contribution in [1.82, 2.24) is 29.5 Å². The number of carbonyl (C=O) groups excluding carboxylic acids is 1. The third-order valence-corrected chi connectivity index (χ3v) is 5.27. The molecule has 2 aliphatic rings. The van der Waals surface area contributed by atoms with Crippen LogP contribution in [-0.4, -0.2) is 42.5 Å². The summed E-state index contributed by atoms with van der Waals surface area (Å²) in [6, 6.07) is 6.20. The first-order valence-corrected chi connectivity index (χ1v) is 9.49. The first-order chi connectivity index (χ1) is 13.6. The van der Waals surface area contributed by atoms with Crippen molar-refractivity contribution in [3.05, 3.63) is 35.8 Å². The molecule has 3 aromatic rings. The third kappa shape index (κ3) is 2.83. The smallest absolute Gasteiger partial charge is 0.263 e. The van der Waals surface area contributed by atoms with E-state index in [1.807, 2.05) is 12.1 Å². The summed E-state index contributed by atoms with van der Waals surface area (Å²) in [5.41, 5.74) is 1.09. The summed E-state index contributed by atoms with van der Waals surface area (Å²) < 4.78 is 9.20. The number of aromatic nitrogens is 6. The second-order valence-corrected chi connectivity index (χ2v) is 7.32. The predicted molar refractivity (Wildman–Crippen MR) is 101 cm³/mol. The highest BCUT2D eigenvalue weighted by Crippen LogP contribution is 2.36. The van der Waals surface area contributed by atoms with Crippen LogP contribution in [0.2, 0.25) is 0 Å². The summed E-state index contributed by atoms with van der Waals surface area (Å²) in [5, 5.41) is 15.8. The molecule has 1 atom stereocenters. The van der Waals surface area contributed by atoms with Gasteiger partial charge in [-0.05, 0) is 38.3 Å². The van der Waals surface area contributed by atoms with Crippen LogP contribution in [0, 0.1) is 0 Å². The number of carbonyl (C=O) groups is 1. The van der Waals surface area contributed by atoms with Crippen molar-refractivity contribution in [3.63, 3.8) is 0 Å². The van der Waals surface area contributed by atoms with Crippen LogP contribution in [0.4, 0.5) is 5.82 Å². The lowest BCUT2D eigenvalue weighted by molar-refractivity contribution is 0.102. The van der Waals surface area contributed by atoms with Gasteiger partial charge in [-0.3, -0.25) is 9.48 Å². The number of methoxy groups -OCH3 is 1. The van der Waals surface area contributed by atoms with Gasteiger partial charge in [-0.15, -0.1) is 15.3 Å². The first-order valence-electron chi connectivity index (χ1n) is 9.49. The summed E-state index contributed by atoms with van der Waals surface area (Å²) in [4.78, 5) is 17.3. The van der Waals surface area contributed by atoms with Gasteiger partial charge in [-0.1, -0.05) is 6.07 Å². The number of hydrogen-bond donors (Lipinski definition) is 1. The maximum absolute atomic E-state index is 12.8. The zero-order valence-corrected chi connectivity index (χ0v) is 15.8. The minimum atomic E-state index is -0.298. The Hall–Kier alpha value is -3.23. The van der Waals surface area contributed by atoms with Crippen molar-refractivity contribution in [2.24, 2.45) is 0 Å². The number of ether oxygens (including phenoxy) is 1. The van der Waals surface area contributed by atoms with Gasteiger partial charge in [0.1, 0.15) is 22.9 Å². The van der Waals surface area contributed by atoms with Crippen molar-refractivity contribution in [1.29, 1.82) is 0 Å². The van der Waals surface area contributed by atoms with E-state index in [1.54, 1.807) is 16.9 Å². The average molecular weight is 379 g/mol. The van der Waals surface area contributed by atoms with Crippen molar-refractivity contribution in [2.45, 2.75) is 44.7 Å². The quantitative estimate of drug-likeness (QED) is 0.731. The van der Waals surface area contributed by atoms with Gasteiger partial charge in [0, 0.05) is 18.7 Å². The zero-order valence-electron chi connectivity index (χ0n) is 15.8.